The van der Waals surface area contributed by atoms with Gasteiger partial charge >= 0.3 is 0 Å². The molecule has 3 rings (SSSR count). The fraction of sp³-hybridized carbons (Fsp3) is 0.222. The van der Waals surface area contributed by atoms with E-state index in [9.17, 15) is 0 Å². The first kappa shape index (κ1) is 10.3. The van der Waals surface area contributed by atoms with Crippen LogP contribution in [0.15, 0.2) is 10.7 Å². The van der Waals surface area contributed by atoms with Crippen LogP contribution in [0.4, 0.5) is 0 Å². The molecule has 0 atom stereocenters. The molecule has 0 spiro atoms. The second-order valence-electron chi connectivity index (χ2n) is 3.29. The van der Waals surface area contributed by atoms with Crippen molar-refractivity contribution in [1.82, 2.24) is 19.5 Å². The number of thioether (sulfide) groups is 1. The van der Waals surface area contributed by atoms with E-state index < -0.39 is 0 Å². The first-order valence-corrected chi connectivity index (χ1v) is 6.93. The molecule has 3 heterocycles. The van der Waals surface area contributed by atoms with Crippen molar-refractivity contribution in [2.75, 3.05) is 6.26 Å². The minimum absolute atomic E-state index is 0.444. The zero-order valence-electron chi connectivity index (χ0n) is 8.56. The van der Waals surface area contributed by atoms with Gasteiger partial charge in [-0.1, -0.05) is 34.7 Å². The van der Waals surface area contributed by atoms with E-state index in [1.165, 1.54) is 0 Å². The monoisotopic (exact) mass is 270 g/mol. The molecule has 3 aromatic heterocycles. The standard InChI is InChI=1S/C9H7ClN4S2/c1-14-3-11-4-6(14)5-8(13-7(4)10)16-9(12-5)15-2/h3H,1-2H3. The SMILES string of the molecule is CSc1nc2c(nc(Cl)c3ncn(C)c32)s1. The van der Waals surface area contributed by atoms with Crippen molar-refractivity contribution in [3.8, 4) is 0 Å². The van der Waals surface area contributed by atoms with Crippen LogP contribution >= 0.6 is 34.7 Å². The van der Waals surface area contributed by atoms with Gasteiger partial charge < -0.3 is 4.57 Å². The number of halogens is 1. The summed E-state index contributed by atoms with van der Waals surface area (Å²) in [7, 11) is 1.93. The number of aryl methyl sites for hydroxylation is 1. The van der Waals surface area contributed by atoms with E-state index in [0.717, 1.165) is 25.7 Å². The van der Waals surface area contributed by atoms with E-state index in [1.54, 1.807) is 29.4 Å². The zero-order valence-corrected chi connectivity index (χ0v) is 10.9. The molecule has 0 aliphatic carbocycles. The second-order valence-corrected chi connectivity index (χ2v) is 5.68. The number of hydrogen-bond donors (Lipinski definition) is 0. The van der Waals surface area contributed by atoms with Crippen molar-refractivity contribution < 1.29 is 0 Å². The van der Waals surface area contributed by atoms with Crippen LogP contribution < -0.4 is 0 Å². The van der Waals surface area contributed by atoms with Gasteiger partial charge in [0.2, 0.25) is 0 Å². The van der Waals surface area contributed by atoms with Gasteiger partial charge in [0.05, 0.1) is 6.33 Å². The highest BCUT2D eigenvalue weighted by molar-refractivity contribution is 8.00. The number of imidazole rings is 1. The highest BCUT2D eigenvalue weighted by atomic mass is 35.5. The largest absolute Gasteiger partial charge is 0.332 e. The van der Waals surface area contributed by atoms with E-state index in [4.69, 9.17) is 11.6 Å². The maximum absolute atomic E-state index is 6.09. The molecule has 7 heteroatoms. The van der Waals surface area contributed by atoms with Gasteiger partial charge in [-0.05, 0) is 6.26 Å². The highest BCUT2D eigenvalue weighted by Crippen LogP contribution is 2.33. The van der Waals surface area contributed by atoms with Gasteiger partial charge in [-0.15, -0.1) is 0 Å². The van der Waals surface area contributed by atoms with E-state index in [0.29, 0.717) is 5.15 Å². The lowest BCUT2D eigenvalue weighted by molar-refractivity contribution is 0.949. The maximum Gasteiger partial charge on any atom is 0.158 e. The summed E-state index contributed by atoms with van der Waals surface area (Å²) in [4.78, 5) is 13.9. The summed E-state index contributed by atoms with van der Waals surface area (Å²) in [6, 6.07) is 0. The molecule has 3 aromatic rings. The summed E-state index contributed by atoms with van der Waals surface area (Å²) in [5.74, 6) is 0. The third-order valence-corrected chi connectivity index (χ3v) is 4.52. The molecule has 16 heavy (non-hydrogen) atoms. The van der Waals surface area contributed by atoms with Crippen molar-refractivity contribution in [3.05, 3.63) is 11.5 Å². The zero-order chi connectivity index (χ0) is 11.3. The predicted molar refractivity (Wildman–Crippen MR) is 68.5 cm³/mol. The normalized spacial score (nSPS) is 11.7. The van der Waals surface area contributed by atoms with E-state index in [2.05, 4.69) is 15.0 Å². The Kier molecular flexibility index (Phi) is 2.31. The lowest BCUT2D eigenvalue weighted by Gasteiger charge is -1.96. The van der Waals surface area contributed by atoms with E-state index in [-0.39, 0.29) is 0 Å². The first-order valence-electron chi connectivity index (χ1n) is 4.51. The van der Waals surface area contributed by atoms with Crippen LogP contribution in [-0.4, -0.2) is 25.8 Å². The molecule has 4 nitrogen and oxygen atoms in total. The number of rotatable bonds is 1. The summed E-state index contributed by atoms with van der Waals surface area (Å²) in [6.07, 6.45) is 3.73. The number of thiazole rings is 1. The summed E-state index contributed by atoms with van der Waals surface area (Å²) in [5.41, 5.74) is 2.55. The highest BCUT2D eigenvalue weighted by Gasteiger charge is 2.15. The van der Waals surface area contributed by atoms with Crippen LogP contribution in [0.3, 0.4) is 0 Å². The Morgan fingerprint density at radius 3 is 2.94 bits per heavy atom. The molecule has 82 valence electrons. The molecule has 0 aliphatic heterocycles. The Balaban J connectivity index is 2.55. The number of nitrogens with zero attached hydrogens (tertiary/aromatic N) is 4. The van der Waals surface area contributed by atoms with Crippen LogP contribution in [0.25, 0.3) is 21.4 Å². The third kappa shape index (κ3) is 1.33. The number of pyridine rings is 1. The average molecular weight is 271 g/mol. The summed E-state index contributed by atoms with van der Waals surface area (Å²) in [6.45, 7) is 0. The first-order chi connectivity index (χ1) is 7.70. The van der Waals surface area contributed by atoms with Crippen LogP contribution in [0.1, 0.15) is 0 Å². The Hall–Kier alpha value is -0.850. The van der Waals surface area contributed by atoms with E-state index >= 15 is 0 Å². The van der Waals surface area contributed by atoms with Crippen LogP contribution in [0, 0.1) is 0 Å². The Bertz CT molecular complexity index is 687. The van der Waals surface area contributed by atoms with Crippen molar-refractivity contribution in [3.63, 3.8) is 0 Å². The summed E-state index contributed by atoms with van der Waals surface area (Å²) >= 11 is 9.25. The smallest absolute Gasteiger partial charge is 0.158 e. The van der Waals surface area contributed by atoms with Crippen LogP contribution in [0.2, 0.25) is 5.15 Å². The molecule has 0 saturated heterocycles. The molecular formula is C9H7ClN4S2. The van der Waals surface area contributed by atoms with Gasteiger partial charge in [0, 0.05) is 7.05 Å². The van der Waals surface area contributed by atoms with Gasteiger partial charge in [0.25, 0.3) is 0 Å². The molecule has 0 aliphatic rings. The fourth-order valence-electron chi connectivity index (χ4n) is 1.61. The van der Waals surface area contributed by atoms with Crippen LogP contribution in [-0.2, 0) is 7.05 Å². The van der Waals surface area contributed by atoms with Gasteiger partial charge in [-0.25, -0.2) is 15.0 Å². The average Bonchev–Trinajstić information content (AvgIpc) is 2.82. The van der Waals surface area contributed by atoms with Crippen molar-refractivity contribution in [1.29, 1.82) is 0 Å². The Labute approximate surface area is 105 Å². The molecule has 0 radical (unpaired) electrons. The van der Waals surface area contributed by atoms with Gasteiger partial charge in [0.15, 0.2) is 9.49 Å². The van der Waals surface area contributed by atoms with Crippen LogP contribution in [0.5, 0.6) is 0 Å². The molecule has 0 bridgehead atoms. The molecule has 0 unspecified atom stereocenters. The lowest BCUT2D eigenvalue weighted by Crippen LogP contribution is -1.87. The van der Waals surface area contributed by atoms with E-state index in [1.807, 2.05) is 17.9 Å². The lowest BCUT2D eigenvalue weighted by atomic mass is 10.4. The summed E-state index contributed by atoms with van der Waals surface area (Å²) in [5, 5.41) is 0.444. The molecule has 0 fully saturated rings. The third-order valence-electron chi connectivity index (χ3n) is 2.32. The second kappa shape index (κ2) is 3.58. The van der Waals surface area contributed by atoms with Gasteiger partial charge in [0.1, 0.15) is 21.4 Å². The van der Waals surface area contributed by atoms with Gasteiger partial charge in [-0.2, -0.15) is 0 Å². The Morgan fingerprint density at radius 1 is 1.38 bits per heavy atom. The van der Waals surface area contributed by atoms with Crippen molar-refractivity contribution in [2.24, 2.45) is 7.05 Å². The molecule has 0 aromatic carbocycles. The van der Waals surface area contributed by atoms with Crippen molar-refractivity contribution >= 4 is 56.1 Å². The molecule has 0 N–H and O–H groups in total. The predicted octanol–water partition coefficient (Wildman–Crippen LogP) is 2.95. The topological polar surface area (TPSA) is 43.6 Å². The number of fused-ring (bicyclic) bond motifs is 3. The molecule has 0 saturated carbocycles. The maximum atomic E-state index is 6.09. The summed E-state index contributed by atoms with van der Waals surface area (Å²) < 4.78 is 2.92. The minimum Gasteiger partial charge on any atom is -0.332 e. The quantitative estimate of drug-likeness (QED) is 0.504. The number of hydrogen-bond acceptors (Lipinski definition) is 5. The molecular weight excluding hydrogens is 264 g/mol. The Morgan fingerprint density at radius 2 is 2.19 bits per heavy atom. The molecule has 0 amide bonds. The van der Waals surface area contributed by atoms with Crippen molar-refractivity contribution in [2.45, 2.75) is 4.34 Å². The minimum atomic E-state index is 0.444. The fourth-order valence-corrected chi connectivity index (χ4v) is 3.32. The van der Waals surface area contributed by atoms with Gasteiger partial charge in [-0.3, -0.25) is 0 Å². The number of aromatic nitrogens is 4.